The normalized spacial score (nSPS) is 10.2. The number of carbonyl (C=O) groups is 1. The molecule has 1 aromatic rings. The zero-order valence-electron chi connectivity index (χ0n) is 9.86. The molecule has 0 radical (unpaired) electrons. The van der Waals surface area contributed by atoms with Gasteiger partial charge in [0.1, 0.15) is 0 Å². The number of aryl methyl sites for hydroxylation is 2. The Morgan fingerprint density at radius 2 is 2.06 bits per heavy atom. The summed E-state index contributed by atoms with van der Waals surface area (Å²) in [6.45, 7) is 4.71. The fourth-order valence-electron chi connectivity index (χ4n) is 1.51. The Kier molecular flexibility index (Phi) is 4.96. The molecule has 0 bridgehead atoms. The molecule has 0 fully saturated rings. The number of rotatable bonds is 4. The fourth-order valence-corrected chi connectivity index (χ4v) is 2.29. The van der Waals surface area contributed by atoms with E-state index < -0.39 is 0 Å². The van der Waals surface area contributed by atoms with Gasteiger partial charge in [-0.2, -0.15) is 0 Å². The summed E-state index contributed by atoms with van der Waals surface area (Å²) in [6, 6.07) is 4.05. The monoisotopic (exact) mass is 284 g/mol. The maximum Gasteiger partial charge on any atom is 0.225 e. The fraction of sp³-hybridized carbons (Fsp3) is 0.417. The van der Waals surface area contributed by atoms with Gasteiger partial charge in [0.25, 0.3) is 0 Å². The molecule has 0 aromatic heterocycles. The van der Waals surface area contributed by atoms with E-state index in [9.17, 15) is 4.79 Å². The Hall–Kier alpha value is -0.870. The van der Waals surface area contributed by atoms with Gasteiger partial charge in [-0.25, -0.2) is 0 Å². The van der Waals surface area contributed by atoms with Crippen molar-refractivity contribution in [2.45, 2.75) is 20.3 Å². The van der Waals surface area contributed by atoms with Gasteiger partial charge in [0.15, 0.2) is 0 Å². The standard InChI is InChI=1S/C12H17BrN2O/c1-8-6-9(2)12(10(13)7-8)15-11(16)4-5-14-3/h6-7,14H,4-5H2,1-3H3,(H,15,16). The summed E-state index contributed by atoms with van der Waals surface area (Å²) < 4.78 is 0.933. The van der Waals surface area contributed by atoms with Crippen molar-refractivity contribution in [2.75, 3.05) is 18.9 Å². The van der Waals surface area contributed by atoms with E-state index in [1.54, 1.807) is 0 Å². The van der Waals surface area contributed by atoms with Crippen LogP contribution in [0.4, 0.5) is 5.69 Å². The van der Waals surface area contributed by atoms with Crippen LogP contribution in [-0.4, -0.2) is 19.5 Å². The van der Waals surface area contributed by atoms with Gasteiger partial charge < -0.3 is 10.6 Å². The predicted molar refractivity (Wildman–Crippen MR) is 70.8 cm³/mol. The van der Waals surface area contributed by atoms with Crippen molar-refractivity contribution >= 4 is 27.5 Å². The lowest BCUT2D eigenvalue weighted by Gasteiger charge is -2.11. The summed E-state index contributed by atoms with van der Waals surface area (Å²) >= 11 is 3.46. The lowest BCUT2D eigenvalue weighted by Crippen LogP contribution is -2.19. The Labute approximate surface area is 105 Å². The molecule has 0 aliphatic heterocycles. The number of hydrogen-bond donors (Lipinski definition) is 2. The van der Waals surface area contributed by atoms with Crippen molar-refractivity contribution in [2.24, 2.45) is 0 Å². The van der Waals surface area contributed by atoms with E-state index in [1.807, 2.05) is 27.0 Å². The molecule has 0 heterocycles. The minimum atomic E-state index is 0.0296. The first kappa shape index (κ1) is 13.2. The van der Waals surface area contributed by atoms with Crippen molar-refractivity contribution in [3.05, 3.63) is 27.7 Å². The molecule has 1 aromatic carbocycles. The van der Waals surface area contributed by atoms with Crippen LogP contribution < -0.4 is 10.6 Å². The molecule has 0 aliphatic rings. The highest BCUT2D eigenvalue weighted by atomic mass is 79.9. The van der Waals surface area contributed by atoms with Gasteiger partial charge in [-0.15, -0.1) is 0 Å². The molecule has 0 saturated heterocycles. The molecular formula is C12H17BrN2O. The van der Waals surface area contributed by atoms with Crippen molar-refractivity contribution in [1.82, 2.24) is 5.32 Å². The molecule has 0 spiro atoms. The number of anilines is 1. The second-order valence-electron chi connectivity index (χ2n) is 3.84. The first-order chi connectivity index (χ1) is 7.54. The van der Waals surface area contributed by atoms with E-state index in [2.05, 4.69) is 32.6 Å². The van der Waals surface area contributed by atoms with Gasteiger partial charge in [-0.05, 0) is 54.0 Å². The molecular weight excluding hydrogens is 268 g/mol. The first-order valence-corrected chi connectivity index (χ1v) is 6.05. The van der Waals surface area contributed by atoms with Crippen LogP contribution in [0, 0.1) is 13.8 Å². The highest BCUT2D eigenvalue weighted by Crippen LogP contribution is 2.27. The third kappa shape index (κ3) is 3.61. The van der Waals surface area contributed by atoms with Crippen LogP contribution in [0.1, 0.15) is 17.5 Å². The minimum absolute atomic E-state index is 0.0296. The Morgan fingerprint density at radius 3 is 2.62 bits per heavy atom. The highest BCUT2D eigenvalue weighted by Gasteiger charge is 2.08. The quantitative estimate of drug-likeness (QED) is 0.893. The zero-order chi connectivity index (χ0) is 12.1. The number of benzene rings is 1. The smallest absolute Gasteiger partial charge is 0.225 e. The summed E-state index contributed by atoms with van der Waals surface area (Å²) in [5, 5.41) is 5.86. The zero-order valence-corrected chi connectivity index (χ0v) is 11.4. The molecule has 0 saturated carbocycles. The molecule has 0 atom stereocenters. The molecule has 3 nitrogen and oxygen atoms in total. The van der Waals surface area contributed by atoms with Crippen molar-refractivity contribution < 1.29 is 4.79 Å². The van der Waals surface area contributed by atoms with Crippen LogP contribution in [0.2, 0.25) is 0 Å². The van der Waals surface area contributed by atoms with E-state index in [0.717, 1.165) is 15.7 Å². The van der Waals surface area contributed by atoms with Crippen LogP contribution in [-0.2, 0) is 4.79 Å². The lowest BCUT2D eigenvalue weighted by atomic mass is 10.1. The van der Waals surface area contributed by atoms with Gasteiger partial charge >= 0.3 is 0 Å². The number of nitrogens with one attached hydrogen (secondary N) is 2. The average molecular weight is 285 g/mol. The van der Waals surface area contributed by atoms with Crippen LogP contribution in [0.3, 0.4) is 0 Å². The highest BCUT2D eigenvalue weighted by molar-refractivity contribution is 9.10. The van der Waals surface area contributed by atoms with E-state index in [-0.39, 0.29) is 5.91 Å². The number of amides is 1. The summed E-state index contributed by atoms with van der Waals surface area (Å²) in [5.74, 6) is 0.0296. The Bertz CT molecular complexity index is 368. The molecule has 16 heavy (non-hydrogen) atoms. The molecule has 1 rings (SSSR count). The number of halogens is 1. The predicted octanol–water partition coefficient (Wildman–Crippen LogP) is 2.61. The minimum Gasteiger partial charge on any atom is -0.325 e. The van der Waals surface area contributed by atoms with Crippen molar-refractivity contribution in [3.63, 3.8) is 0 Å². The third-order valence-corrected chi connectivity index (χ3v) is 2.92. The average Bonchev–Trinajstić information content (AvgIpc) is 2.20. The van der Waals surface area contributed by atoms with Crippen LogP contribution in [0.5, 0.6) is 0 Å². The Morgan fingerprint density at radius 1 is 1.38 bits per heavy atom. The van der Waals surface area contributed by atoms with Gasteiger partial charge in [-0.1, -0.05) is 6.07 Å². The maximum atomic E-state index is 11.6. The van der Waals surface area contributed by atoms with E-state index in [0.29, 0.717) is 13.0 Å². The number of hydrogen-bond acceptors (Lipinski definition) is 2. The summed E-state index contributed by atoms with van der Waals surface area (Å²) in [4.78, 5) is 11.6. The second-order valence-corrected chi connectivity index (χ2v) is 4.69. The largest absolute Gasteiger partial charge is 0.325 e. The number of carbonyl (C=O) groups excluding carboxylic acids is 1. The van der Waals surface area contributed by atoms with E-state index in [4.69, 9.17) is 0 Å². The summed E-state index contributed by atoms with van der Waals surface area (Å²) in [7, 11) is 1.83. The van der Waals surface area contributed by atoms with Crippen LogP contribution in [0.15, 0.2) is 16.6 Å². The van der Waals surface area contributed by atoms with Gasteiger partial charge in [-0.3, -0.25) is 4.79 Å². The van der Waals surface area contributed by atoms with E-state index in [1.165, 1.54) is 5.56 Å². The molecule has 88 valence electrons. The van der Waals surface area contributed by atoms with Crippen LogP contribution >= 0.6 is 15.9 Å². The van der Waals surface area contributed by atoms with Gasteiger partial charge in [0.05, 0.1) is 5.69 Å². The SMILES string of the molecule is CNCCC(=O)Nc1c(C)cc(C)cc1Br. The molecule has 4 heteroatoms. The second kappa shape index (κ2) is 6.01. The Balaban J connectivity index is 2.77. The van der Waals surface area contributed by atoms with E-state index >= 15 is 0 Å². The lowest BCUT2D eigenvalue weighted by molar-refractivity contribution is -0.116. The molecule has 0 aliphatic carbocycles. The van der Waals surface area contributed by atoms with Crippen LogP contribution in [0.25, 0.3) is 0 Å². The van der Waals surface area contributed by atoms with Gasteiger partial charge in [0, 0.05) is 17.4 Å². The molecule has 1 amide bonds. The topological polar surface area (TPSA) is 41.1 Å². The van der Waals surface area contributed by atoms with Gasteiger partial charge in [0.2, 0.25) is 5.91 Å². The molecule has 2 N–H and O–H groups in total. The first-order valence-electron chi connectivity index (χ1n) is 5.25. The van der Waals surface area contributed by atoms with Crippen molar-refractivity contribution in [1.29, 1.82) is 0 Å². The molecule has 0 unspecified atom stereocenters. The summed E-state index contributed by atoms with van der Waals surface area (Å²) in [6.07, 6.45) is 0.482. The summed E-state index contributed by atoms with van der Waals surface area (Å²) in [5.41, 5.74) is 3.12. The van der Waals surface area contributed by atoms with Crippen molar-refractivity contribution in [3.8, 4) is 0 Å². The maximum absolute atomic E-state index is 11.6. The third-order valence-electron chi connectivity index (χ3n) is 2.30.